The highest BCUT2D eigenvalue weighted by Gasteiger charge is 2.21. The van der Waals surface area contributed by atoms with E-state index in [1.807, 2.05) is 6.07 Å². The van der Waals surface area contributed by atoms with Gasteiger partial charge >= 0.3 is 0 Å². The molecule has 0 aliphatic rings. The standard InChI is InChI=1S/C10H5Cl2N3O2S2/c11-8-3-7(10(12)18-8)19(16,17)15-9-2-1-6(4-13)5-14-9/h1-3,5H,(H,14,15). The second kappa shape index (κ2) is 5.35. The molecule has 0 unspecified atom stereocenters. The summed E-state index contributed by atoms with van der Waals surface area (Å²) >= 11 is 12.5. The lowest BCUT2D eigenvalue weighted by Crippen LogP contribution is -2.13. The zero-order chi connectivity index (χ0) is 14.0. The van der Waals surface area contributed by atoms with Crippen molar-refractivity contribution in [2.45, 2.75) is 4.90 Å². The van der Waals surface area contributed by atoms with Crippen LogP contribution in [0, 0.1) is 11.3 Å². The second-order valence-electron chi connectivity index (χ2n) is 3.34. The number of nitrogens with zero attached hydrogens (tertiary/aromatic N) is 2. The lowest BCUT2D eigenvalue weighted by molar-refractivity contribution is 0.601. The Hall–Kier alpha value is -1.33. The monoisotopic (exact) mass is 333 g/mol. The van der Waals surface area contributed by atoms with E-state index in [2.05, 4.69) is 9.71 Å². The van der Waals surface area contributed by atoms with E-state index in [9.17, 15) is 8.42 Å². The van der Waals surface area contributed by atoms with Gasteiger partial charge in [0.1, 0.15) is 21.1 Å². The molecule has 98 valence electrons. The molecule has 0 radical (unpaired) electrons. The third kappa shape index (κ3) is 3.16. The van der Waals surface area contributed by atoms with E-state index in [-0.39, 0.29) is 19.4 Å². The fourth-order valence-corrected chi connectivity index (χ4v) is 4.38. The molecule has 0 aliphatic carbocycles. The predicted molar refractivity (Wildman–Crippen MR) is 74.1 cm³/mol. The van der Waals surface area contributed by atoms with Crippen LogP contribution >= 0.6 is 34.5 Å². The molecule has 0 fully saturated rings. The smallest absolute Gasteiger partial charge is 0.263 e. The van der Waals surface area contributed by atoms with Gasteiger partial charge in [-0.1, -0.05) is 23.2 Å². The molecule has 2 aromatic rings. The van der Waals surface area contributed by atoms with Crippen molar-refractivity contribution in [1.82, 2.24) is 4.98 Å². The van der Waals surface area contributed by atoms with Gasteiger partial charge in [-0.2, -0.15) is 5.26 Å². The van der Waals surface area contributed by atoms with Crippen LogP contribution < -0.4 is 4.72 Å². The third-order valence-electron chi connectivity index (χ3n) is 2.05. The fraction of sp³-hybridized carbons (Fsp3) is 0. The Kier molecular flexibility index (Phi) is 3.96. The zero-order valence-electron chi connectivity index (χ0n) is 9.09. The van der Waals surface area contributed by atoms with E-state index in [0.717, 1.165) is 11.3 Å². The molecular formula is C10H5Cl2N3O2S2. The molecule has 2 rings (SSSR count). The predicted octanol–water partition coefficient (Wildman–Crippen LogP) is 3.12. The first-order chi connectivity index (χ1) is 8.92. The number of nitrogens with one attached hydrogen (secondary N) is 1. The van der Waals surface area contributed by atoms with E-state index in [1.54, 1.807) is 0 Å². The minimum atomic E-state index is -3.84. The van der Waals surface area contributed by atoms with Crippen LogP contribution in [0.5, 0.6) is 0 Å². The maximum absolute atomic E-state index is 12.0. The Bertz CT molecular complexity index is 748. The van der Waals surface area contributed by atoms with Gasteiger partial charge in [-0.25, -0.2) is 13.4 Å². The van der Waals surface area contributed by atoms with Crippen molar-refractivity contribution in [2.24, 2.45) is 0 Å². The Morgan fingerprint density at radius 2 is 2.11 bits per heavy atom. The number of pyridine rings is 1. The average Bonchev–Trinajstić information content (AvgIpc) is 2.70. The molecule has 0 saturated carbocycles. The van der Waals surface area contributed by atoms with E-state index < -0.39 is 10.0 Å². The highest BCUT2D eigenvalue weighted by molar-refractivity contribution is 7.93. The van der Waals surface area contributed by atoms with Crippen LogP contribution in [0.3, 0.4) is 0 Å². The highest BCUT2D eigenvalue weighted by atomic mass is 35.5. The first-order valence-electron chi connectivity index (χ1n) is 4.76. The summed E-state index contributed by atoms with van der Waals surface area (Å²) in [7, 11) is -3.84. The fourth-order valence-electron chi connectivity index (χ4n) is 1.22. The third-order valence-corrected chi connectivity index (χ3v) is 5.15. The minimum Gasteiger partial charge on any atom is -0.263 e. The van der Waals surface area contributed by atoms with E-state index in [0.29, 0.717) is 5.56 Å². The molecule has 0 atom stereocenters. The van der Waals surface area contributed by atoms with Gasteiger partial charge in [0.15, 0.2) is 0 Å². The molecule has 0 spiro atoms. The number of nitriles is 1. The molecule has 0 aromatic carbocycles. The summed E-state index contributed by atoms with van der Waals surface area (Å²) in [6, 6.07) is 5.99. The van der Waals surface area contributed by atoms with Crippen LogP contribution in [-0.4, -0.2) is 13.4 Å². The Morgan fingerprint density at radius 3 is 2.58 bits per heavy atom. The van der Waals surface area contributed by atoms with Crippen molar-refractivity contribution in [3.05, 3.63) is 38.6 Å². The lowest BCUT2D eigenvalue weighted by atomic mass is 10.3. The van der Waals surface area contributed by atoms with Crippen LogP contribution in [0.25, 0.3) is 0 Å². The SMILES string of the molecule is N#Cc1ccc(NS(=O)(=O)c2cc(Cl)sc2Cl)nc1. The summed E-state index contributed by atoms with van der Waals surface area (Å²) in [5.41, 5.74) is 0.333. The van der Waals surface area contributed by atoms with Gasteiger partial charge in [0.25, 0.3) is 10.0 Å². The van der Waals surface area contributed by atoms with Gasteiger partial charge < -0.3 is 0 Å². The summed E-state index contributed by atoms with van der Waals surface area (Å²) in [6.07, 6.45) is 1.26. The Morgan fingerprint density at radius 1 is 1.37 bits per heavy atom. The molecule has 0 saturated heterocycles. The molecule has 2 aromatic heterocycles. The largest absolute Gasteiger partial charge is 0.265 e. The molecule has 1 N–H and O–H groups in total. The van der Waals surface area contributed by atoms with E-state index >= 15 is 0 Å². The maximum Gasteiger partial charge on any atom is 0.265 e. The number of hydrogen-bond donors (Lipinski definition) is 1. The molecule has 0 aliphatic heterocycles. The highest BCUT2D eigenvalue weighted by Crippen LogP contribution is 2.34. The summed E-state index contributed by atoms with van der Waals surface area (Å²) in [5.74, 6) is 0.0948. The summed E-state index contributed by atoms with van der Waals surface area (Å²) in [4.78, 5) is 3.71. The molecule has 2 heterocycles. The van der Waals surface area contributed by atoms with Crippen molar-refractivity contribution in [2.75, 3.05) is 4.72 Å². The van der Waals surface area contributed by atoms with Gasteiger partial charge in [0.2, 0.25) is 0 Å². The molecular weight excluding hydrogens is 329 g/mol. The average molecular weight is 334 g/mol. The number of halogens is 2. The number of aromatic nitrogens is 1. The first kappa shape index (κ1) is 14.1. The summed E-state index contributed by atoms with van der Waals surface area (Å²) in [5, 5.41) is 8.62. The van der Waals surface area contributed by atoms with E-state index in [1.165, 1.54) is 24.4 Å². The Labute approximate surface area is 123 Å². The number of hydrogen-bond acceptors (Lipinski definition) is 5. The van der Waals surface area contributed by atoms with Crippen LogP contribution in [0.15, 0.2) is 29.3 Å². The second-order valence-corrected chi connectivity index (χ2v) is 7.27. The molecule has 9 heteroatoms. The van der Waals surface area contributed by atoms with Crippen LogP contribution in [0.4, 0.5) is 5.82 Å². The first-order valence-corrected chi connectivity index (χ1v) is 7.82. The Balaban J connectivity index is 2.31. The van der Waals surface area contributed by atoms with E-state index in [4.69, 9.17) is 28.5 Å². The van der Waals surface area contributed by atoms with Crippen LogP contribution in [-0.2, 0) is 10.0 Å². The topological polar surface area (TPSA) is 82.9 Å². The normalized spacial score (nSPS) is 11.0. The van der Waals surface area contributed by atoms with Gasteiger partial charge in [-0.05, 0) is 18.2 Å². The van der Waals surface area contributed by atoms with Crippen molar-refractivity contribution in [3.8, 4) is 6.07 Å². The summed E-state index contributed by atoms with van der Waals surface area (Å²) < 4.78 is 26.7. The number of thiophene rings is 1. The van der Waals surface area contributed by atoms with Crippen LogP contribution in [0.1, 0.15) is 5.56 Å². The van der Waals surface area contributed by atoms with Gasteiger partial charge in [-0.3, -0.25) is 4.72 Å². The van der Waals surface area contributed by atoms with Gasteiger partial charge in [0.05, 0.1) is 9.90 Å². The van der Waals surface area contributed by atoms with Crippen LogP contribution in [0.2, 0.25) is 8.67 Å². The van der Waals surface area contributed by atoms with Gasteiger partial charge in [0, 0.05) is 6.20 Å². The zero-order valence-corrected chi connectivity index (χ0v) is 12.2. The van der Waals surface area contributed by atoms with Crippen molar-refractivity contribution >= 4 is 50.4 Å². The van der Waals surface area contributed by atoms with Gasteiger partial charge in [-0.15, -0.1) is 11.3 Å². The lowest BCUT2D eigenvalue weighted by Gasteiger charge is -2.05. The van der Waals surface area contributed by atoms with Crippen molar-refractivity contribution < 1.29 is 8.42 Å². The quantitative estimate of drug-likeness (QED) is 0.935. The number of rotatable bonds is 3. The van der Waals surface area contributed by atoms with Crippen molar-refractivity contribution in [3.63, 3.8) is 0 Å². The summed E-state index contributed by atoms with van der Waals surface area (Å²) in [6.45, 7) is 0. The number of sulfonamides is 1. The molecule has 0 bridgehead atoms. The number of anilines is 1. The molecule has 19 heavy (non-hydrogen) atoms. The van der Waals surface area contributed by atoms with Crippen molar-refractivity contribution in [1.29, 1.82) is 5.26 Å². The molecule has 5 nitrogen and oxygen atoms in total. The molecule has 0 amide bonds. The maximum atomic E-state index is 12.0. The minimum absolute atomic E-state index is 0.0751.